The lowest BCUT2D eigenvalue weighted by atomic mass is 10.0. The summed E-state index contributed by atoms with van der Waals surface area (Å²) in [5, 5.41) is 3.11. The second-order valence-corrected chi connectivity index (χ2v) is 6.04. The average Bonchev–Trinajstić information content (AvgIpc) is 2.64. The maximum atomic E-state index is 12.5. The highest BCUT2D eigenvalue weighted by atomic mass is 16.5. The summed E-state index contributed by atoms with van der Waals surface area (Å²) < 4.78 is 10.9. The van der Waals surface area contributed by atoms with Gasteiger partial charge in [0.15, 0.2) is 0 Å². The molecule has 2 rings (SSSR count). The van der Waals surface area contributed by atoms with E-state index in [2.05, 4.69) is 25.2 Å². The molecular formula is C21H27NO3. The minimum atomic E-state index is -0.0811. The number of aryl methyl sites for hydroxylation is 1. The molecule has 1 amide bonds. The molecule has 25 heavy (non-hydrogen) atoms. The summed E-state index contributed by atoms with van der Waals surface area (Å²) >= 11 is 0. The highest BCUT2D eigenvalue weighted by molar-refractivity contribution is 5.94. The molecular weight excluding hydrogens is 314 g/mol. The number of hydrogen-bond acceptors (Lipinski definition) is 3. The molecule has 0 unspecified atom stereocenters. The summed E-state index contributed by atoms with van der Waals surface area (Å²) in [6.45, 7) is 6.81. The van der Waals surface area contributed by atoms with Gasteiger partial charge in [-0.3, -0.25) is 4.79 Å². The van der Waals surface area contributed by atoms with Crippen molar-refractivity contribution in [2.45, 2.75) is 39.7 Å². The fourth-order valence-corrected chi connectivity index (χ4v) is 2.70. The first-order chi connectivity index (χ1) is 12.1. The molecule has 1 atom stereocenters. The van der Waals surface area contributed by atoms with Gasteiger partial charge in [-0.25, -0.2) is 0 Å². The van der Waals surface area contributed by atoms with E-state index >= 15 is 0 Å². The first-order valence-electron chi connectivity index (χ1n) is 8.77. The third-order valence-electron chi connectivity index (χ3n) is 4.12. The molecule has 134 valence electrons. The van der Waals surface area contributed by atoms with Crippen molar-refractivity contribution in [1.82, 2.24) is 5.32 Å². The minimum Gasteiger partial charge on any atom is -0.496 e. The second kappa shape index (κ2) is 9.11. The van der Waals surface area contributed by atoms with Gasteiger partial charge in [-0.05, 0) is 61.2 Å². The monoisotopic (exact) mass is 341 g/mol. The maximum absolute atomic E-state index is 12.5. The fourth-order valence-electron chi connectivity index (χ4n) is 2.70. The largest absolute Gasteiger partial charge is 0.496 e. The number of ether oxygens (including phenoxy) is 2. The van der Waals surface area contributed by atoms with Crippen LogP contribution in [0.2, 0.25) is 0 Å². The normalized spacial score (nSPS) is 11.7. The lowest BCUT2D eigenvalue weighted by Crippen LogP contribution is -2.28. The number of nitrogens with one attached hydrogen (secondary N) is 1. The molecule has 0 fully saturated rings. The van der Waals surface area contributed by atoms with Gasteiger partial charge in [0.05, 0.1) is 19.8 Å². The minimum absolute atomic E-state index is 0.0341. The summed E-state index contributed by atoms with van der Waals surface area (Å²) in [5.74, 6) is 1.56. The summed E-state index contributed by atoms with van der Waals surface area (Å²) in [6.07, 6.45) is 1.77. The molecule has 0 bridgehead atoms. The van der Waals surface area contributed by atoms with Crippen LogP contribution in [-0.4, -0.2) is 19.6 Å². The first-order valence-corrected chi connectivity index (χ1v) is 8.77. The van der Waals surface area contributed by atoms with Crippen LogP contribution in [0.3, 0.4) is 0 Å². The van der Waals surface area contributed by atoms with Crippen LogP contribution < -0.4 is 14.8 Å². The zero-order valence-corrected chi connectivity index (χ0v) is 15.5. The molecule has 1 N–H and O–H groups in total. The zero-order chi connectivity index (χ0) is 18.2. The van der Waals surface area contributed by atoms with Crippen LogP contribution in [0.1, 0.15) is 54.2 Å². The predicted octanol–water partition coefficient (Wildman–Crippen LogP) is 4.67. The topological polar surface area (TPSA) is 47.6 Å². The van der Waals surface area contributed by atoms with Crippen molar-refractivity contribution in [2.75, 3.05) is 13.7 Å². The van der Waals surface area contributed by atoms with Gasteiger partial charge in [0, 0.05) is 5.56 Å². The number of carbonyl (C=O) groups is 1. The Labute approximate surface area is 150 Å². The van der Waals surface area contributed by atoms with Gasteiger partial charge in [0.2, 0.25) is 0 Å². The second-order valence-electron chi connectivity index (χ2n) is 6.04. The van der Waals surface area contributed by atoms with Crippen LogP contribution in [-0.2, 0) is 0 Å². The molecule has 4 heteroatoms. The van der Waals surface area contributed by atoms with Crippen LogP contribution >= 0.6 is 0 Å². The third-order valence-corrected chi connectivity index (χ3v) is 4.12. The quantitative estimate of drug-likeness (QED) is 0.759. The van der Waals surface area contributed by atoms with Crippen LogP contribution in [0.15, 0.2) is 42.5 Å². The average molecular weight is 341 g/mol. The number of hydrogen-bond donors (Lipinski definition) is 1. The van der Waals surface area contributed by atoms with Crippen LogP contribution in [0.5, 0.6) is 11.5 Å². The Morgan fingerprint density at radius 1 is 1.12 bits per heavy atom. The molecule has 0 aliphatic carbocycles. The van der Waals surface area contributed by atoms with Gasteiger partial charge < -0.3 is 14.8 Å². The van der Waals surface area contributed by atoms with E-state index in [1.165, 1.54) is 0 Å². The third kappa shape index (κ3) is 4.99. The van der Waals surface area contributed by atoms with E-state index < -0.39 is 0 Å². The van der Waals surface area contributed by atoms with Gasteiger partial charge in [-0.15, -0.1) is 0 Å². The lowest BCUT2D eigenvalue weighted by Gasteiger charge is -2.19. The fraction of sp³-hybridized carbons (Fsp3) is 0.381. The van der Waals surface area contributed by atoms with Crippen molar-refractivity contribution in [3.63, 3.8) is 0 Å². The van der Waals surface area contributed by atoms with E-state index in [4.69, 9.17) is 9.47 Å². The van der Waals surface area contributed by atoms with Crippen LogP contribution in [0, 0.1) is 6.92 Å². The van der Waals surface area contributed by atoms with Crippen molar-refractivity contribution >= 4 is 5.91 Å². The van der Waals surface area contributed by atoms with Gasteiger partial charge in [-0.1, -0.05) is 26.0 Å². The maximum Gasteiger partial charge on any atom is 0.251 e. The summed E-state index contributed by atoms with van der Waals surface area (Å²) in [7, 11) is 1.66. The van der Waals surface area contributed by atoms with Crippen molar-refractivity contribution in [1.29, 1.82) is 0 Å². The van der Waals surface area contributed by atoms with E-state index in [-0.39, 0.29) is 11.9 Å². The number of rotatable bonds is 8. The molecule has 0 aliphatic heterocycles. The predicted molar refractivity (Wildman–Crippen MR) is 100 cm³/mol. The molecule has 2 aromatic carbocycles. The Kier molecular flexibility index (Phi) is 6.87. The Morgan fingerprint density at radius 3 is 2.40 bits per heavy atom. The van der Waals surface area contributed by atoms with Gasteiger partial charge >= 0.3 is 0 Å². The Bertz CT molecular complexity index is 695. The number of benzene rings is 2. The van der Waals surface area contributed by atoms with E-state index in [0.29, 0.717) is 12.2 Å². The van der Waals surface area contributed by atoms with Crippen molar-refractivity contribution in [3.05, 3.63) is 59.2 Å². The number of carbonyl (C=O) groups excluding carboxylic acids is 1. The Hall–Kier alpha value is -2.49. The number of amides is 1. The highest BCUT2D eigenvalue weighted by Gasteiger charge is 2.15. The molecule has 2 aromatic rings. The molecule has 0 spiro atoms. The first kappa shape index (κ1) is 18.8. The van der Waals surface area contributed by atoms with Crippen molar-refractivity contribution in [3.8, 4) is 11.5 Å². The molecule has 0 aliphatic rings. The zero-order valence-electron chi connectivity index (χ0n) is 15.5. The van der Waals surface area contributed by atoms with E-state index in [0.717, 1.165) is 35.5 Å². The molecule has 0 saturated carbocycles. The SMILES string of the molecule is CCCOc1ccc(C(=O)N[C@@H](CC)c2ccc(OC)c(C)c2)cc1. The van der Waals surface area contributed by atoms with Crippen LogP contribution in [0.4, 0.5) is 0 Å². The Morgan fingerprint density at radius 2 is 1.84 bits per heavy atom. The Balaban J connectivity index is 2.07. The summed E-state index contributed by atoms with van der Waals surface area (Å²) in [5.41, 5.74) is 2.77. The molecule has 0 heterocycles. The standard InChI is InChI=1S/C21H27NO3/c1-5-13-25-18-10-7-16(8-11-18)21(23)22-19(6-2)17-9-12-20(24-4)15(3)14-17/h7-12,14,19H,5-6,13H2,1-4H3,(H,22,23)/t19-/m0/s1. The van der Waals surface area contributed by atoms with Crippen molar-refractivity contribution in [2.24, 2.45) is 0 Å². The highest BCUT2D eigenvalue weighted by Crippen LogP contribution is 2.24. The molecule has 0 aromatic heterocycles. The van der Waals surface area contributed by atoms with Crippen molar-refractivity contribution < 1.29 is 14.3 Å². The lowest BCUT2D eigenvalue weighted by molar-refractivity contribution is 0.0935. The van der Waals surface area contributed by atoms with Gasteiger partial charge in [0.1, 0.15) is 11.5 Å². The molecule has 0 saturated heterocycles. The molecule has 0 radical (unpaired) electrons. The summed E-state index contributed by atoms with van der Waals surface area (Å²) in [6, 6.07) is 13.2. The molecule has 4 nitrogen and oxygen atoms in total. The summed E-state index contributed by atoms with van der Waals surface area (Å²) in [4.78, 5) is 12.5. The van der Waals surface area contributed by atoms with E-state index in [1.807, 2.05) is 31.2 Å². The van der Waals surface area contributed by atoms with E-state index in [9.17, 15) is 4.79 Å². The van der Waals surface area contributed by atoms with Crippen LogP contribution in [0.25, 0.3) is 0 Å². The smallest absolute Gasteiger partial charge is 0.251 e. The number of methoxy groups -OCH3 is 1. The van der Waals surface area contributed by atoms with Gasteiger partial charge in [-0.2, -0.15) is 0 Å². The van der Waals surface area contributed by atoms with E-state index in [1.54, 1.807) is 19.2 Å². The van der Waals surface area contributed by atoms with Gasteiger partial charge in [0.25, 0.3) is 5.91 Å².